The fourth-order valence-corrected chi connectivity index (χ4v) is 2.22. The Balaban J connectivity index is 1.86. The van der Waals surface area contributed by atoms with Crippen LogP contribution >= 0.6 is 11.6 Å². The Kier molecular flexibility index (Phi) is 4.20. The molecule has 1 aliphatic carbocycles. The van der Waals surface area contributed by atoms with Crippen LogP contribution in [0.5, 0.6) is 0 Å². The molecule has 4 nitrogen and oxygen atoms in total. The second-order valence-corrected chi connectivity index (χ2v) is 4.67. The fourth-order valence-electron chi connectivity index (χ4n) is 2.05. The molecule has 0 aromatic carbocycles. The third kappa shape index (κ3) is 3.60. The predicted molar refractivity (Wildman–Crippen MR) is 68.3 cm³/mol. The second kappa shape index (κ2) is 5.87. The Morgan fingerprint density at radius 3 is 2.82 bits per heavy atom. The molecule has 1 saturated carbocycles. The minimum atomic E-state index is -0.225. The minimum absolute atomic E-state index is 0.225. The number of hydrogen-bond acceptors (Lipinski definition) is 2. The van der Waals surface area contributed by atoms with Crippen molar-refractivity contribution < 1.29 is 4.79 Å². The largest absolute Gasteiger partial charge is 0.335 e. The molecule has 5 heteroatoms. The zero-order valence-corrected chi connectivity index (χ0v) is 10.3. The lowest BCUT2D eigenvalue weighted by Crippen LogP contribution is -2.39. The first-order valence-corrected chi connectivity index (χ1v) is 6.31. The summed E-state index contributed by atoms with van der Waals surface area (Å²) in [5.41, 5.74) is 0. The van der Waals surface area contributed by atoms with Gasteiger partial charge in [0, 0.05) is 12.2 Å². The van der Waals surface area contributed by atoms with E-state index in [4.69, 9.17) is 11.6 Å². The monoisotopic (exact) mass is 253 g/mol. The number of anilines is 1. The zero-order chi connectivity index (χ0) is 12.1. The van der Waals surface area contributed by atoms with Crippen LogP contribution in [-0.4, -0.2) is 17.1 Å². The summed E-state index contributed by atoms with van der Waals surface area (Å²) in [5, 5.41) is 6.06. The van der Waals surface area contributed by atoms with E-state index in [0.717, 1.165) is 12.8 Å². The van der Waals surface area contributed by atoms with Crippen LogP contribution < -0.4 is 10.6 Å². The number of carbonyl (C=O) groups is 1. The molecule has 1 aromatic rings. The molecule has 92 valence electrons. The summed E-state index contributed by atoms with van der Waals surface area (Å²) in [6, 6.07) is 3.49. The summed E-state index contributed by atoms with van der Waals surface area (Å²) in [7, 11) is 0. The smallest absolute Gasteiger partial charge is 0.320 e. The number of nitrogens with zero attached hydrogens (tertiary/aromatic N) is 1. The van der Waals surface area contributed by atoms with E-state index in [1.54, 1.807) is 18.3 Å². The highest BCUT2D eigenvalue weighted by Gasteiger charge is 2.16. The highest BCUT2D eigenvalue weighted by atomic mass is 35.5. The van der Waals surface area contributed by atoms with Crippen molar-refractivity contribution in [3.63, 3.8) is 0 Å². The predicted octanol–water partition coefficient (Wildman–Crippen LogP) is 3.19. The average Bonchev–Trinajstić information content (AvgIpc) is 2.33. The molecule has 1 aromatic heterocycles. The van der Waals surface area contributed by atoms with Gasteiger partial charge in [0.15, 0.2) is 5.82 Å². The lowest BCUT2D eigenvalue weighted by molar-refractivity contribution is 0.244. The number of halogens is 1. The molecule has 2 rings (SSSR count). The van der Waals surface area contributed by atoms with E-state index in [1.807, 2.05) is 0 Å². The van der Waals surface area contributed by atoms with E-state index in [2.05, 4.69) is 15.6 Å². The molecule has 1 heterocycles. The van der Waals surface area contributed by atoms with Gasteiger partial charge < -0.3 is 5.32 Å². The Bertz CT molecular complexity index is 391. The third-order valence-corrected chi connectivity index (χ3v) is 3.24. The van der Waals surface area contributed by atoms with Crippen molar-refractivity contribution >= 4 is 23.4 Å². The standard InChI is InChI=1S/C12H16ClN3O/c13-10-7-4-8-14-11(10)16-12(17)15-9-5-2-1-3-6-9/h4,7-9H,1-3,5-6H2,(H2,14,15,16,17). The van der Waals surface area contributed by atoms with Crippen LogP contribution in [0.25, 0.3) is 0 Å². The number of aromatic nitrogens is 1. The van der Waals surface area contributed by atoms with Crippen molar-refractivity contribution in [3.8, 4) is 0 Å². The van der Waals surface area contributed by atoms with Gasteiger partial charge in [-0.15, -0.1) is 0 Å². The molecule has 17 heavy (non-hydrogen) atoms. The van der Waals surface area contributed by atoms with Gasteiger partial charge >= 0.3 is 6.03 Å². The van der Waals surface area contributed by atoms with Gasteiger partial charge in [-0.25, -0.2) is 9.78 Å². The first-order valence-electron chi connectivity index (χ1n) is 5.94. The van der Waals surface area contributed by atoms with Crippen LogP contribution in [0.2, 0.25) is 5.02 Å². The summed E-state index contributed by atoms with van der Waals surface area (Å²) >= 11 is 5.91. The topological polar surface area (TPSA) is 54.0 Å². The number of urea groups is 1. The van der Waals surface area contributed by atoms with Crippen molar-refractivity contribution in [2.45, 2.75) is 38.1 Å². The molecule has 0 radical (unpaired) electrons. The lowest BCUT2D eigenvalue weighted by atomic mass is 9.96. The minimum Gasteiger partial charge on any atom is -0.335 e. The second-order valence-electron chi connectivity index (χ2n) is 4.27. The molecule has 0 aliphatic heterocycles. The van der Waals surface area contributed by atoms with Gasteiger partial charge in [0.25, 0.3) is 0 Å². The Morgan fingerprint density at radius 1 is 1.35 bits per heavy atom. The SMILES string of the molecule is O=C(Nc1ncccc1Cl)NC1CCCCC1. The van der Waals surface area contributed by atoms with E-state index in [1.165, 1.54) is 19.3 Å². The molecule has 1 aliphatic rings. The summed E-state index contributed by atoms with van der Waals surface area (Å²) in [6.45, 7) is 0. The van der Waals surface area contributed by atoms with Crippen LogP contribution in [0.4, 0.5) is 10.6 Å². The highest BCUT2D eigenvalue weighted by molar-refractivity contribution is 6.33. The van der Waals surface area contributed by atoms with E-state index in [9.17, 15) is 4.79 Å². The fraction of sp³-hybridized carbons (Fsp3) is 0.500. The zero-order valence-electron chi connectivity index (χ0n) is 9.58. The highest BCUT2D eigenvalue weighted by Crippen LogP contribution is 2.19. The summed E-state index contributed by atoms with van der Waals surface area (Å²) in [5.74, 6) is 0.405. The molecule has 0 atom stereocenters. The Labute approximate surface area is 106 Å². The van der Waals surface area contributed by atoms with Gasteiger partial charge in [0.05, 0.1) is 5.02 Å². The van der Waals surface area contributed by atoms with Crippen molar-refractivity contribution in [1.82, 2.24) is 10.3 Å². The molecule has 0 saturated heterocycles. The summed E-state index contributed by atoms with van der Waals surface area (Å²) < 4.78 is 0. The normalized spacial score (nSPS) is 16.5. The van der Waals surface area contributed by atoms with E-state index >= 15 is 0 Å². The first kappa shape index (κ1) is 12.2. The maximum Gasteiger partial charge on any atom is 0.320 e. The number of pyridine rings is 1. The number of amides is 2. The van der Waals surface area contributed by atoms with E-state index in [0.29, 0.717) is 10.8 Å². The van der Waals surface area contributed by atoms with Gasteiger partial charge in [-0.2, -0.15) is 0 Å². The van der Waals surface area contributed by atoms with Gasteiger partial charge in [-0.05, 0) is 25.0 Å². The van der Waals surface area contributed by atoms with Crippen molar-refractivity contribution in [3.05, 3.63) is 23.4 Å². The molecule has 1 fully saturated rings. The molecule has 2 amide bonds. The molecule has 0 spiro atoms. The van der Waals surface area contributed by atoms with Crippen LogP contribution in [0.3, 0.4) is 0 Å². The van der Waals surface area contributed by atoms with Gasteiger partial charge in [-0.1, -0.05) is 30.9 Å². The third-order valence-electron chi connectivity index (χ3n) is 2.93. The number of rotatable bonds is 2. The maximum absolute atomic E-state index is 11.7. The van der Waals surface area contributed by atoms with Crippen LogP contribution in [0.15, 0.2) is 18.3 Å². The first-order chi connectivity index (χ1) is 8.25. The number of hydrogen-bond donors (Lipinski definition) is 2. The van der Waals surface area contributed by atoms with E-state index in [-0.39, 0.29) is 12.1 Å². The van der Waals surface area contributed by atoms with Crippen molar-refractivity contribution in [1.29, 1.82) is 0 Å². The van der Waals surface area contributed by atoms with Crippen LogP contribution in [0, 0.1) is 0 Å². The Morgan fingerprint density at radius 2 is 2.12 bits per heavy atom. The Hall–Kier alpha value is -1.29. The quantitative estimate of drug-likeness (QED) is 0.851. The van der Waals surface area contributed by atoms with Gasteiger partial charge in [-0.3, -0.25) is 5.32 Å². The maximum atomic E-state index is 11.7. The van der Waals surface area contributed by atoms with Gasteiger partial charge in [0.2, 0.25) is 0 Å². The molecule has 0 unspecified atom stereocenters. The summed E-state index contributed by atoms with van der Waals surface area (Å²) in [4.78, 5) is 15.7. The lowest BCUT2D eigenvalue weighted by Gasteiger charge is -2.22. The molecule has 0 bridgehead atoms. The number of carbonyl (C=O) groups excluding carboxylic acids is 1. The molecular formula is C12H16ClN3O. The van der Waals surface area contributed by atoms with Gasteiger partial charge in [0.1, 0.15) is 0 Å². The molecule has 2 N–H and O–H groups in total. The molecular weight excluding hydrogens is 238 g/mol. The van der Waals surface area contributed by atoms with Crippen LogP contribution in [0.1, 0.15) is 32.1 Å². The average molecular weight is 254 g/mol. The number of nitrogens with one attached hydrogen (secondary N) is 2. The van der Waals surface area contributed by atoms with E-state index < -0.39 is 0 Å². The summed E-state index contributed by atoms with van der Waals surface area (Å²) in [6.07, 6.45) is 7.37. The van der Waals surface area contributed by atoms with Crippen molar-refractivity contribution in [2.24, 2.45) is 0 Å². The van der Waals surface area contributed by atoms with Crippen molar-refractivity contribution in [2.75, 3.05) is 5.32 Å². The van der Waals surface area contributed by atoms with Crippen LogP contribution in [-0.2, 0) is 0 Å².